The van der Waals surface area contributed by atoms with Crippen molar-refractivity contribution in [3.63, 3.8) is 0 Å². The van der Waals surface area contributed by atoms with E-state index < -0.39 is 0 Å². The highest BCUT2D eigenvalue weighted by Crippen LogP contribution is 2.19. The molecule has 0 spiro atoms. The van der Waals surface area contributed by atoms with Gasteiger partial charge in [0.25, 0.3) is 5.91 Å². The van der Waals surface area contributed by atoms with E-state index in [1.807, 2.05) is 36.4 Å². The summed E-state index contributed by atoms with van der Waals surface area (Å²) in [5.74, 6) is 12.2. The van der Waals surface area contributed by atoms with Crippen LogP contribution in [0.3, 0.4) is 0 Å². The number of anilines is 1. The number of aliphatic hydroxyl groups excluding tert-OH is 1. The van der Waals surface area contributed by atoms with Gasteiger partial charge in [-0.15, -0.1) is 0 Å². The zero-order valence-electron chi connectivity index (χ0n) is 18.6. The molecular formula is C28H24N2O4. The standard InChI is InChI=1S/C28H24N2O4/c1-21-14-17-34-26(27(21)31)20-29-25-12-8-23(9-13-25)5-3-2-4-22-6-10-24(11-7-22)28(32)30-15-18-33-19-16-30/h6-14,17,29,31H,1,15-16,18-20H2. The summed E-state index contributed by atoms with van der Waals surface area (Å²) in [7, 11) is 0. The van der Waals surface area contributed by atoms with Crippen LogP contribution in [0.4, 0.5) is 5.69 Å². The third-order valence-electron chi connectivity index (χ3n) is 5.29. The number of hydrogen-bond acceptors (Lipinski definition) is 5. The first-order valence-corrected chi connectivity index (χ1v) is 10.9. The first-order chi connectivity index (χ1) is 16.6. The minimum atomic E-state index is 0.0163. The van der Waals surface area contributed by atoms with Crippen LogP contribution in [-0.2, 0) is 9.47 Å². The molecule has 2 N–H and O–H groups in total. The maximum atomic E-state index is 12.5. The molecule has 1 amide bonds. The van der Waals surface area contributed by atoms with Crippen LogP contribution in [0.15, 0.2) is 84.5 Å². The number of nitrogens with one attached hydrogen (secondary N) is 1. The molecule has 34 heavy (non-hydrogen) atoms. The minimum absolute atomic E-state index is 0.0163. The number of rotatable bonds is 4. The van der Waals surface area contributed by atoms with Crippen LogP contribution in [-0.4, -0.2) is 48.8 Å². The Bertz CT molecular complexity index is 1240. The van der Waals surface area contributed by atoms with E-state index in [9.17, 15) is 9.90 Å². The van der Waals surface area contributed by atoms with E-state index in [-0.39, 0.29) is 11.7 Å². The van der Waals surface area contributed by atoms with Crippen molar-refractivity contribution in [1.82, 2.24) is 4.90 Å². The number of nitrogens with zero attached hydrogens (tertiary/aromatic N) is 1. The predicted octanol–water partition coefficient (Wildman–Crippen LogP) is 3.84. The molecule has 0 saturated carbocycles. The number of amides is 1. The second-order valence-corrected chi connectivity index (χ2v) is 7.63. The molecular weight excluding hydrogens is 428 g/mol. The Balaban J connectivity index is 1.30. The van der Waals surface area contributed by atoms with E-state index in [2.05, 4.69) is 35.6 Å². The van der Waals surface area contributed by atoms with E-state index in [1.54, 1.807) is 23.1 Å². The third kappa shape index (κ3) is 5.89. The number of aliphatic hydroxyl groups is 1. The lowest BCUT2D eigenvalue weighted by atomic mass is 10.1. The molecule has 0 bridgehead atoms. The van der Waals surface area contributed by atoms with Crippen molar-refractivity contribution in [2.45, 2.75) is 0 Å². The molecule has 0 atom stereocenters. The Labute approximate surface area is 199 Å². The molecule has 0 radical (unpaired) electrons. The third-order valence-corrected chi connectivity index (χ3v) is 5.29. The zero-order chi connectivity index (χ0) is 23.8. The van der Waals surface area contributed by atoms with Gasteiger partial charge in [0.05, 0.1) is 26.0 Å². The number of ether oxygens (including phenoxy) is 2. The van der Waals surface area contributed by atoms with Crippen LogP contribution >= 0.6 is 0 Å². The summed E-state index contributed by atoms with van der Waals surface area (Å²) in [6, 6.07) is 14.8. The lowest BCUT2D eigenvalue weighted by molar-refractivity contribution is 0.0303. The summed E-state index contributed by atoms with van der Waals surface area (Å²) < 4.78 is 10.6. The van der Waals surface area contributed by atoms with E-state index in [0.717, 1.165) is 16.8 Å². The van der Waals surface area contributed by atoms with Gasteiger partial charge in [0.2, 0.25) is 0 Å². The van der Waals surface area contributed by atoms with Crippen molar-refractivity contribution in [3.05, 3.63) is 101 Å². The Kier molecular flexibility index (Phi) is 7.35. The van der Waals surface area contributed by atoms with Crippen LogP contribution in [0.25, 0.3) is 0 Å². The quantitative estimate of drug-likeness (QED) is 0.690. The zero-order valence-corrected chi connectivity index (χ0v) is 18.6. The fraction of sp³-hybridized carbons (Fsp3) is 0.179. The van der Waals surface area contributed by atoms with Crippen LogP contribution in [0.5, 0.6) is 0 Å². The number of benzene rings is 2. The highest BCUT2D eigenvalue weighted by molar-refractivity contribution is 5.94. The van der Waals surface area contributed by atoms with Gasteiger partial charge < -0.3 is 24.8 Å². The highest BCUT2D eigenvalue weighted by Gasteiger charge is 2.18. The van der Waals surface area contributed by atoms with E-state index in [4.69, 9.17) is 9.47 Å². The van der Waals surface area contributed by atoms with Crippen LogP contribution in [0.2, 0.25) is 0 Å². The maximum Gasteiger partial charge on any atom is 0.254 e. The number of carbonyl (C=O) groups is 1. The normalized spacial score (nSPS) is 14.9. The number of morpholine rings is 1. The number of carbonyl (C=O) groups excluding carboxylic acids is 1. The van der Waals surface area contributed by atoms with Gasteiger partial charge in [-0.2, -0.15) is 0 Å². The minimum Gasteiger partial charge on any atom is -0.504 e. The van der Waals surface area contributed by atoms with Gasteiger partial charge in [0.15, 0.2) is 11.5 Å². The van der Waals surface area contributed by atoms with Crippen LogP contribution in [0, 0.1) is 23.7 Å². The van der Waals surface area contributed by atoms with Crippen molar-refractivity contribution >= 4 is 11.6 Å². The molecule has 6 heteroatoms. The van der Waals surface area contributed by atoms with Crippen molar-refractivity contribution < 1.29 is 19.4 Å². The second-order valence-electron chi connectivity index (χ2n) is 7.63. The van der Waals surface area contributed by atoms with Crippen molar-refractivity contribution in [2.75, 3.05) is 38.2 Å². The fourth-order valence-corrected chi connectivity index (χ4v) is 3.34. The van der Waals surface area contributed by atoms with E-state index >= 15 is 0 Å². The van der Waals surface area contributed by atoms with Gasteiger partial charge in [-0.05, 0) is 66.4 Å². The summed E-state index contributed by atoms with van der Waals surface area (Å²) in [6.45, 7) is 6.49. The summed E-state index contributed by atoms with van der Waals surface area (Å²) in [5, 5.41) is 13.2. The summed E-state index contributed by atoms with van der Waals surface area (Å²) in [5.41, 5.74) is 3.67. The topological polar surface area (TPSA) is 71.0 Å². The maximum absolute atomic E-state index is 12.5. The molecule has 2 aromatic carbocycles. The smallest absolute Gasteiger partial charge is 0.254 e. The largest absolute Gasteiger partial charge is 0.504 e. The van der Waals surface area contributed by atoms with Crippen molar-refractivity contribution in [2.24, 2.45) is 0 Å². The average Bonchev–Trinajstić information content (AvgIpc) is 2.89. The highest BCUT2D eigenvalue weighted by atomic mass is 16.5. The molecule has 170 valence electrons. The van der Waals surface area contributed by atoms with Gasteiger partial charge in [-0.1, -0.05) is 18.4 Å². The molecule has 0 aliphatic carbocycles. The van der Waals surface area contributed by atoms with Gasteiger partial charge >= 0.3 is 0 Å². The van der Waals surface area contributed by atoms with Gasteiger partial charge in [0, 0.05) is 41.0 Å². The second kappa shape index (κ2) is 11.0. The molecule has 0 aromatic heterocycles. The SMILES string of the molecule is C=C1C=COC(CNc2ccc(C#CC#Cc3ccc(C(=O)N4CCOCC4)cc3)cc2)=C1O. The number of hydrogen-bond donors (Lipinski definition) is 2. The van der Waals surface area contributed by atoms with Gasteiger partial charge in [-0.25, -0.2) is 0 Å². The van der Waals surface area contributed by atoms with Crippen LogP contribution in [0.1, 0.15) is 21.5 Å². The van der Waals surface area contributed by atoms with Crippen molar-refractivity contribution in [3.8, 4) is 23.7 Å². The van der Waals surface area contributed by atoms with E-state index in [0.29, 0.717) is 49.7 Å². The molecule has 2 aliphatic rings. The van der Waals surface area contributed by atoms with Crippen LogP contribution < -0.4 is 5.32 Å². The Morgan fingerprint density at radius 1 is 1.00 bits per heavy atom. The first-order valence-electron chi connectivity index (χ1n) is 10.9. The monoisotopic (exact) mass is 452 g/mol. The summed E-state index contributed by atoms with van der Waals surface area (Å²) >= 11 is 0. The first kappa shape index (κ1) is 22.8. The average molecular weight is 453 g/mol. The Hall–Kier alpha value is -4.39. The molecule has 2 aliphatic heterocycles. The molecule has 6 nitrogen and oxygen atoms in total. The molecule has 1 fully saturated rings. The summed E-state index contributed by atoms with van der Waals surface area (Å²) in [6.07, 6.45) is 3.11. The van der Waals surface area contributed by atoms with Gasteiger partial charge in [-0.3, -0.25) is 4.79 Å². The molecule has 1 saturated heterocycles. The summed E-state index contributed by atoms with van der Waals surface area (Å²) in [4.78, 5) is 14.3. The molecule has 2 aromatic rings. The number of allylic oxidation sites excluding steroid dienone is 1. The van der Waals surface area contributed by atoms with Gasteiger partial charge in [0.1, 0.15) is 0 Å². The lowest BCUT2D eigenvalue weighted by Gasteiger charge is -2.26. The van der Waals surface area contributed by atoms with E-state index in [1.165, 1.54) is 6.26 Å². The Morgan fingerprint density at radius 2 is 1.62 bits per heavy atom. The predicted molar refractivity (Wildman–Crippen MR) is 131 cm³/mol. The van der Waals surface area contributed by atoms with Crippen molar-refractivity contribution in [1.29, 1.82) is 0 Å². The molecule has 2 heterocycles. The fourth-order valence-electron chi connectivity index (χ4n) is 3.34. The lowest BCUT2D eigenvalue weighted by Crippen LogP contribution is -2.40. The Morgan fingerprint density at radius 3 is 2.26 bits per heavy atom. The molecule has 4 rings (SSSR count). The molecule has 0 unspecified atom stereocenters.